The van der Waals surface area contributed by atoms with Gasteiger partial charge in [-0.25, -0.2) is 0 Å². The maximum absolute atomic E-state index is 5.52. The summed E-state index contributed by atoms with van der Waals surface area (Å²) < 4.78 is 5.49. The summed E-state index contributed by atoms with van der Waals surface area (Å²) in [7, 11) is 2.11. The second-order valence-corrected chi connectivity index (χ2v) is 4.01. The van der Waals surface area contributed by atoms with Crippen LogP contribution in [0.5, 0.6) is 0 Å². The molecule has 1 aromatic heterocycles. The molecule has 0 saturated carbocycles. The Labute approximate surface area is 85.9 Å². The second kappa shape index (κ2) is 4.62. The summed E-state index contributed by atoms with van der Waals surface area (Å²) in [5.41, 5.74) is 6.75. The third kappa shape index (κ3) is 2.59. The van der Waals surface area contributed by atoms with Crippen molar-refractivity contribution < 1.29 is 4.42 Å². The predicted octanol–water partition coefficient (Wildman–Crippen LogP) is 1.89. The molecule has 14 heavy (non-hydrogen) atoms. The van der Waals surface area contributed by atoms with E-state index in [0.29, 0.717) is 12.6 Å². The molecule has 3 nitrogen and oxygen atoms in total. The van der Waals surface area contributed by atoms with E-state index in [-0.39, 0.29) is 0 Å². The first kappa shape index (κ1) is 11.3. The van der Waals surface area contributed by atoms with E-state index in [9.17, 15) is 0 Å². The van der Waals surface area contributed by atoms with Gasteiger partial charge in [0.15, 0.2) is 0 Å². The van der Waals surface area contributed by atoms with Gasteiger partial charge < -0.3 is 10.2 Å². The lowest BCUT2D eigenvalue weighted by Gasteiger charge is -2.20. The molecule has 0 aromatic carbocycles. The van der Waals surface area contributed by atoms with Crippen LogP contribution in [0.3, 0.4) is 0 Å². The van der Waals surface area contributed by atoms with E-state index in [1.54, 1.807) is 0 Å². The van der Waals surface area contributed by atoms with E-state index >= 15 is 0 Å². The molecular formula is C11H20N2O. The van der Waals surface area contributed by atoms with Gasteiger partial charge in [-0.05, 0) is 33.9 Å². The fraction of sp³-hybridized carbons (Fsp3) is 0.636. The average Bonchev–Trinajstić information content (AvgIpc) is 2.47. The average molecular weight is 196 g/mol. The first-order valence-electron chi connectivity index (χ1n) is 5.03. The number of aryl methyl sites for hydroxylation is 1. The molecule has 1 aromatic rings. The number of nitrogens with zero attached hydrogens (tertiary/aromatic N) is 1. The largest absolute Gasteiger partial charge is 0.465 e. The summed E-state index contributed by atoms with van der Waals surface area (Å²) >= 11 is 0. The summed E-state index contributed by atoms with van der Waals surface area (Å²) in [5, 5.41) is 0. The summed E-state index contributed by atoms with van der Waals surface area (Å²) in [6.07, 6.45) is 0. The summed E-state index contributed by atoms with van der Waals surface area (Å²) in [6.45, 7) is 7.75. The molecular weight excluding hydrogens is 176 g/mol. The van der Waals surface area contributed by atoms with Crippen LogP contribution in [0.1, 0.15) is 30.9 Å². The number of hydrogen-bond acceptors (Lipinski definition) is 3. The first-order chi connectivity index (χ1) is 6.54. The van der Waals surface area contributed by atoms with Gasteiger partial charge in [0.05, 0.1) is 6.54 Å². The van der Waals surface area contributed by atoms with Crippen LogP contribution >= 0.6 is 0 Å². The molecule has 0 aliphatic rings. The molecule has 0 amide bonds. The van der Waals surface area contributed by atoms with Crippen LogP contribution in [0.4, 0.5) is 0 Å². The molecule has 0 saturated heterocycles. The van der Waals surface area contributed by atoms with Gasteiger partial charge in [-0.2, -0.15) is 0 Å². The molecule has 80 valence electrons. The zero-order valence-electron chi connectivity index (χ0n) is 9.50. The van der Waals surface area contributed by atoms with Crippen molar-refractivity contribution >= 4 is 0 Å². The third-order valence-electron chi connectivity index (χ3n) is 2.57. The number of rotatable bonds is 4. The van der Waals surface area contributed by atoms with Crippen LogP contribution in [-0.4, -0.2) is 18.0 Å². The highest BCUT2D eigenvalue weighted by atomic mass is 16.3. The van der Waals surface area contributed by atoms with Crippen molar-refractivity contribution in [3.05, 3.63) is 23.2 Å². The SMILES string of the molecule is Cc1oc(CN)cc1CN(C)C(C)C. The van der Waals surface area contributed by atoms with Crippen molar-refractivity contribution in [2.45, 2.75) is 39.9 Å². The smallest absolute Gasteiger partial charge is 0.118 e. The highest BCUT2D eigenvalue weighted by Gasteiger charge is 2.10. The molecule has 0 aliphatic heterocycles. The van der Waals surface area contributed by atoms with Crippen LogP contribution in [-0.2, 0) is 13.1 Å². The minimum atomic E-state index is 0.478. The van der Waals surface area contributed by atoms with Crippen molar-refractivity contribution in [2.75, 3.05) is 7.05 Å². The maximum atomic E-state index is 5.52. The number of hydrogen-bond donors (Lipinski definition) is 1. The lowest BCUT2D eigenvalue weighted by atomic mass is 10.2. The molecule has 0 radical (unpaired) electrons. The molecule has 0 atom stereocenters. The Morgan fingerprint density at radius 1 is 1.50 bits per heavy atom. The van der Waals surface area contributed by atoms with E-state index in [1.165, 1.54) is 5.56 Å². The van der Waals surface area contributed by atoms with Gasteiger partial charge in [-0.15, -0.1) is 0 Å². The van der Waals surface area contributed by atoms with Crippen molar-refractivity contribution in [3.8, 4) is 0 Å². The van der Waals surface area contributed by atoms with Gasteiger partial charge in [-0.1, -0.05) is 0 Å². The Kier molecular flexibility index (Phi) is 3.72. The molecule has 0 unspecified atom stereocenters. The molecule has 2 N–H and O–H groups in total. The topological polar surface area (TPSA) is 42.4 Å². The molecule has 0 spiro atoms. The van der Waals surface area contributed by atoms with Crippen LogP contribution in [0.15, 0.2) is 10.5 Å². The minimum Gasteiger partial charge on any atom is -0.465 e. The molecule has 0 bridgehead atoms. The van der Waals surface area contributed by atoms with Crippen molar-refractivity contribution in [2.24, 2.45) is 5.73 Å². The van der Waals surface area contributed by atoms with Crippen LogP contribution in [0.25, 0.3) is 0 Å². The molecule has 1 rings (SSSR count). The first-order valence-corrected chi connectivity index (χ1v) is 5.03. The Bertz CT molecular complexity index is 291. The Balaban J connectivity index is 2.71. The summed E-state index contributed by atoms with van der Waals surface area (Å²) in [6, 6.07) is 2.60. The van der Waals surface area contributed by atoms with Crippen LogP contribution in [0.2, 0.25) is 0 Å². The van der Waals surface area contributed by atoms with E-state index < -0.39 is 0 Å². The standard InChI is InChI=1S/C11H20N2O/c1-8(2)13(4)7-10-5-11(6-12)14-9(10)3/h5,8H,6-7,12H2,1-4H3. The summed E-state index contributed by atoms with van der Waals surface area (Å²) in [4.78, 5) is 2.28. The van der Waals surface area contributed by atoms with Gasteiger partial charge in [0.25, 0.3) is 0 Å². The van der Waals surface area contributed by atoms with E-state index in [1.807, 2.05) is 13.0 Å². The third-order valence-corrected chi connectivity index (χ3v) is 2.57. The monoisotopic (exact) mass is 196 g/mol. The molecule has 1 heterocycles. The highest BCUT2D eigenvalue weighted by molar-refractivity contribution is 5.20. The zero-order valence-corrected chi connectivity index (χ0v) is 9.50. The predicted molar refractivity (Wildman–Crippen MR) is 57.9 cm³/mol. The van der Waals surface area contributed by atoms with Gasteiger partial charge in [0.2, 0.25) is 0 Å². The lowest BCUT2D eigenvalue weighted by Crippen LogP contribution is -2.25. The van der Waals surface area contributed by atoms with E-state index in [2.05, 4.69) is 25.8 Å². The van der Waals surface area contributed by atoms with Gasteiger partial charge in [0, 0.05) is 18.2 Å². The Morgan fingerprint density at radius 2 is 2.14 bits per heavy atom. The van der Waals surface area contributed by atoms with Crippen molar-refractivity contribution in [1.29, 1.82) is 0 Å². The second-order valence-electron chi connectivity index (χ2n) is 4.01. The quantitative estimate of drug-likeness (QED) is 0.799. The number of furan rings is 1. The van der Waals surface area contributed by atoms with Gasteiger partial charge in [-0.3, -0.25) is 4.90 Å². The normalized spacial score (nSPS) is 11.6. The van der Waals surface area contributed by atoms with Gasteiger partial charge >= 0.3 is 0 Å². The fourth-order valence-electron chi connectivity index (χ4n) is 1.30. The minimum absolute atomic E-state index is 0.478. The van der Waals surface area contributed by atoms with E-state index in [4.69, 9.17) is 10.2 Å². The fourth-order valence-corrected chi connectivity index (χ4v) is 1.30. The highest BCUT2D eigenvalue weighted by Crippen LogP contribution is 2.16. The summed E-state index contributed by atoms with van der Waals surface area (Å²) in [5.74, 6) is 1.85. The Hall–Kier alpha value is -0.800. The molecule has 3 heteroatoms. The Morgan fingerprint density at radius 3 is 2.57 bits per heavy atom. The zero-order chi connectivity index (χ0) is 10.7. The van der Waals surface area contributed by atoms with Crippen molar-refractivity contribution in [3.63, 3.8) is 0 Å². The lowest BCUT2D eigenvalue weighted by molar-refractivity contribution is 0.264. The maximum Gasteiger partial charge on any atom is 0.118 e. The van der Waals surface area contributed by atoms with Crippen LogP contribution in [0, 0.1) is 6.92 Å². The van der Waals surface area contributed by atoms with E-state index in [0.717, 1.165) is 18.1 Å². The van der Waals surface area contributed by atoms with Crippen molar-refractivity contribution in [1.82, 2.24) is 4.90 Å². The molecule has 0 fully saturated rings. The van der Waals surface area contributed by atoms with Gasteiger partial charge in [0.1, 0.15) is 11.5 Å². The molecule has 0 aliphatic carbocycles. The number of nitrogens with two attached hydrogens (primary N) is 1. The van der Waals surface area contributed by atoms with Crippen LogP contribution < -0.4 is 5.73 Å².